The molecule has 0 aromatic rings. The number of ketones is 1. The normalized spacial score (nSPS) is 42.5. The Hall–Kier alpha value is -1.30. The SMILES string of the molecule is CC(=O)C(=O)O.OC[C@H]1O[C@H](O[C@H]2[C@H](O)[C@H](O)CO[C@@]2(O)CO)[C@H](O)[C@@H](O)[C@@H]1O. The number of ether oxygens (including phenoxy) is 3. The minimum absolute atomic E-state index is 0.466. The molecule has 0 aromatic heterocycles. The minimum Gasteiger partial charge on any atom is -0.476 e. The molecule has 0 aliphatic carbocycles. The van der Waals surface area contributed by atoms with Crippen LogP contribution in [0.1, 0.15) is 6.92 Å². The van der Waals surface area contributed by atoms with Crippen LogP contribution < -0.4 is 0 Å². The molecule has 9 atom stereocenters. The van der Waals surface area contributed by atoms with E-state index in [-0.39, 0.29) is 0 Å². The van der Waals surface area contributed by atoms with Crippen LogP contribution in [0.2, 0.25) is 0 Å². The van der Waals surface area contributed by atoms with E-state index in [0.717, 1.165) is 6.92 Å². The second kappa shape index (κ2) is 10.6. The van der Waals surface area contributed by atoms with Gasteiger partial charge in [-0.3, -0.25) is 4.79 Å². The average Bonchev–Trinajstić information content (AvgIpc) is 2.68. The van der Waals surface area contributed by atoms with Gasteiger partial charge in [0.2, 0.25) is 11.6 Å². The van der Waals surface area contributed by atoms with Gasteiger partial charge in [-0.15, -0.1) is 0 Å². The standard InChI is InChI=1S/C12H22O11.C3H4O3/c13-1-5-7(17)8(18)9(19)11(22-5)23-10-6(16)4(15)2-21-12(10,20)3-14;1-2(4)3(5)6/h4-11,13-20H,1-3H2;1H3,(H,5,6)/t4-,5-,6-,7-,8+,9-,10+,11-,12+;/m1./s1. The van der Waals surface area contributed by atoms with E-state index in [9.17, 15) is 45.3 Å². The summed E-state index contributed by atoms with van der Waals surface area (Å²) in [6, 6.07) is 0. The number of hydrogen-bond acceptors (Lipinski definition) is 13. The van der Waals surface area contributed by atoms with Crippen LogP contribution in [-0.4, -0.2) is 132 Å². The van der Waals surface area contributed by atoms with E-state index in [1.807, 2.05) is 0 Å². The highest BCUT2D eigenvalue weighted by Gasteiger charge is 2.53. The molecule has 2 rings (SSSR count). The molecule has 0 saturated carbocycles. The Balaban J connectivity index is 0.000000612. The lowest BCUT2D eigenvalue weighted by molar-refractivity contribution is -0.387. The van der Waals surface area contributed by atoms with Crippen LogP contribution >= 0.6 is 0 Å². The number of hydrogen-bond donors (Lipinski definition) is 9. The molecule has 14 nitrogen and oxygen atoms in total. The number of Topliss-reactive ketones (excluding diaryl/α,β-unsaturated/α-hetero) is 1. The van der Waals surface area contributed by atoms with Crippen LogP contribution in [0, 0.1) is 0 Å². The van der Waals surface area contributed by atoms with E-state index >= 15 is 0 Å². The van der Waals surface area contributed by atoms with Gasteiger partial charge in [0, 0.05) is 6.92 Å². The number of carbonyl (C=O) groups excluding carboxylic acids is 1. The van der Waals surface area contributed by atoms with Crippen molar-refractivity contribution in [2.45, 2.75) is 61.7 Å². The Morgan fingerprint density at radius 3 is 2.03 bits per heavy atom. The first kappa shape index (κ1) is 25.7. The smallest absolute Gasteiger partial charge is 0.371 e. The van der Waals surface area contributed by atoms with Crippen LogP contribution in [0.25, 0.3) is 0 Å². The molecule has 0 amide bonds. The molecule has 2 fully saturated rings. The number of carboxylic acid groups (broad SMARTS) is 1. The summed E-state index contributed by atoms with van der Waals surface area (Å²) in [5.41, 5.74) is 0. The van der Waals surface area contributed by atoms with E-state index in [1.165, 1.54) is 0 Å². The van der Waals surface area contributed by atoms with Crippen LogP contribution in [0.4, 0.5) is 0 Å². The number of aliphatic hydroxyl groups is 8. The van der Waals surface area contributed by atoms with E-state index in [4.69, 9.17) is 24.4 Å². The van der Waals surface area contributed by atoms with Crippen molar-refractivity contribution in [1.29, 1.82) is 0 Å². The molecule has 14 heteroatoms. The number of aliphatic hydroxyl groups excluding tert-OH is 7. The first-order chi connectivity index (χ1) is 13.4. The molecule has 0 aromatic carbocycles. The lowest BCUT2D eigenvalue weighted by Gasteiger charge is -2.47. The maximum atomic E-state index is 10.1. The van der Waals surface area contributed by atoms with Crippen molar-refractivity contribution in [3.05, 3.63) is 0 Å². The molecule has 0 radical (unpaired) electrons. The zero-order valence-corrected chi connectivity index (χ0v) is 15.3. The third-order valence-corrected chi connectivity index (χ3v) is 4.31. The molecular weight excluding hydrogens is 404 g/mol. The minimum atomic E-state index is -2.38. The van der Waals surface area contributed by atoms with Gasteiger partial charge >= 0.3 is 5.97 Å². The van der Waals surface area contributed by atoms with Gasteiger partial charge in [0.1, 0.15) is 42.7 Å². The summed E-state index contributed by atoms with van der Waals surface area (Å²) >= 11 is 0. The first-order valence-corrected chi connectivity index (χ1v) is 8.42. The fraction of sp³-hybridized carbons (Fsp3) is 0.867. The predicted molar refractivity (Wildman–Crippen MR) is 87.0 cm³/mol. The molecule has 0 spiro atoms. The molecule has 2 aliphatic heterocycles. The molecule has 0 bridgehead atoms. The van der Waals surface area contributed by atoms with Gasteiger partial charge in [0.25, 0.3) is 0 Å². The van der Waals surface area contributed by atoms with E-state index in [1.54, 1.807) is 0 Å². The van der Waals surface area contributed by atoms with Crippen LogP contribution in [0.5, 0.6) is 0 Å². The quantitative estimate of drug-likeness (QED) is 0.185. The zero-order chi connectivity index (χ0) is 22.5. The Labute approximate surface area is 164 Å². The second-order valence-corrected chi connectivity index (χ2v) is 6.49. The third-order valence-electron chi connectivity index (χ3n) is 4.31. The Bertz CT molecular complexity index is 543. The molecule has 9 N–H and O–H groups in total. The number of aliphatic carboxylic acids is 1. The molecular formula is C15H26O14. The zero-order valence-electron chi connectivity index (χ0n) is 15.3. The average molecular weight is 430 g/mol. The van der Waals surface area contributed by atoms with Gasteiger partial charge < -0.3 is 60.2 Å². The largest absolute Gasteiger partial charge is 0.476 e. The van der Waals surface area contributed by atoms with Crippen molar-refractivity contribution in [2.75, 3.05) is 19.8 Å². The molecule has 29 heavy (non-hydrogen) atoms. The van der Waals surface area contributed by atoms with E-state index in [0.29, 0.717) is 0 Å². The maximum absolute atomic E-state index is 10.1. The number of rotatable bonds is 5. The highest BCUT2D eigenvalue weighted by Crippen LogP contribution is 2.31. The van der Waals surface area contributed by atoms with Gasteiger partial charge in [0.05, 0.1) is 19.8 Å². The number of carbonyl (C=O) groups is 2. The Morgan fingerprint density at radius 1 is 1.03 bits per heavy atom. The van der Waals surface area contributed by atoms with Crippen molar-refractivity contribution < 1.29 is 69.8 Å². The van der Waals surface area contributed by atoms with Gasteiger partial charge in [-0.1, -0.05) is 0 Å². The van der Waals surface area contributed by atoms with Gasteiger partial charge in [-0.05, 0) is 0 Å². The summed E-state index contributed by atoms with van der Waals surface area (Å²) in [7, 11) is 0. The van der Waals surface area contributed by atoms with Gasteiger partial charge in [-0.25, -0.2) is 4.79 Å². The fourth-order valence-electron chi connectivity index (χ4n) is 2.53. The number of carboxylic acids is 1. The molecule has 2 heterocycles. The third kappa shape index (κ3) is 6.09. The monoisotopic (exact) mass is 430 g/mol. The van der Waals surface area contributed by atoms with Gasteiger partial charge in [0.15, 0.2) is 6.29 Å². The van der Waals surface area contributed by atoms with E-state index in [2.05, 4.69) is 0 Å². The Kier molecular flexibility index (Phi) is 9.45. The van der Waals surface area contributed by atoms with Crippen LogP contribution in [0.3, 0.4) is 0 Å². The highest BCUT2D eigenvalue weighted by atomic mass is 16.7. The molecule has 170 valence electrons. The summed E-state index contributed by atoms with van der Waals surface area (Å²) in [6.07, 6.45) is -12.9. The maximum Gasteiger partial charge on any atom is 0.371 e. The van der Waals surface area contributed by atoms with Crippen LogP contribution in [0.15, 0.2) is 0 Å². The molecule has 2 aliphatic rings. The van der Waals surface area contributed by atoms with Gasteiger partial charge in [-0.2, -0.15) is 0 Å². The van der Waals surface area contributed by atoms with Crippen molar-refractivity contribution in [2.24, 2.45) is 0 Å². The first-order valence-electron chi connectivity index (χ1n) is 8.42. The van der Waals surface area contributed by atoms with Crippen LogP contribution in [-0.2, 0) is 23.8 Å². The second-order valence-electron chi connectivity index (χ2n) is 6.49. The predicted octanol–water partition coefficient (Wildman–Crippen LogP) is -5.74. The van der Waals surface area contributed by atoms with Crippen molar-refractivity contribution in [3.8, 4) is 0 Å². The highest BCUT2D eigenvalue weighted by molar-refractivity contribution is 6.31. The molecule has 2 saturated heterocycles. The Morgan fingerprint density at radius 2 is 1.59 bits per heavy atom. The lowest BCUT2D eigenvalue weighted by atomic mass is 9.96. The van der Waals surface area contributed by atoms with E-state index < -0.39 is 86.4 Å². The fourth-order valence-corrected chi connectivity index (χ4v) is 2.53. The summed E-state index contributed by atoms with van der Waals surface area (Å²) in [4.78, 5) is 18.9. The summed E-state index contributed by atoms with van der Waals surface area (Å²) < 4.78 is 15.1. The summed E-state index contributed by atoms with van der Waals surface area (Å²) in [5.74, 6) is -4.58. The van der Waals surface area contributed by atoms with Crippen molar-refractivity contribution in [3.63, 3.8) is 0 Å². The topological polar surface area (TPSA) is 244 Å². The summed E-state index contributed by atoms with van der Waals surface area (Å²) in [6.45, 7) is -1.14. The molecule has 0 unspecified atom stereocenters. The lowest BCUT2D eigenvalue weighted by Crippen LogP contribution is -2.67. The summed E-state index contributed by atoms with van der Waals surface area (Å²) in [5, 5.41) is 84.8. The van der Waals surface area contributed by atoms with Crippen molar-refractivity contribution >= 4 is 11.8 Å². The van der Waals surface area contributed by atoms with Crippen molar-refractivity contribution in [1.82, 2.24) is 0 Å².